The first-order valence-corrected chi connectivity index (χ1v) is 7.99. The van der Waals surface area contributed by atoms with Crippen LogP contribution in [-0.4, -0.2) is 25.8 Å². The van der Waals surface area contributed by atoms with Crippen LogP contribution in [0.15, 0.2) is 21.1 Å². The van der Waals surface area contributed by atoms with E-state index in [1.165, 1.54) is 0 Å². The van der Waals surface area contributed by atoms with Gasteiger partial charge in [0.15, 0.2) is 0 Å². The molecule has 0 spiro atoms. The predicted octanol–water partition coefficient (Wildman–Crippen LogP) is 4.38. The third-order valence-corrected chi connectivity index (χ3v) is 3.95. The molecular formula is C14H21Br2NO2. The Labute approximate surface area is 132 Å². The van der Waals surface area contributed by atoms with Crippen molar-refractivity contribution in [1.82, 2.24) is 5.32 Å². The number of methoxy groups -OCH3 is 1. The Kier molecular flexibility index (Phi) is 7.18. The van der Waals surface area contributed by atoms with Crippen molar-refractivity contribution in [3.8, 4) is 11.5 Å². The number of hydrogen-bond acceptors (Lipinski definition) is 3. The molecule has 1 aromatic carbocycles. The van der Waals surface area contributed by atoms with E-state index >= 15 is 0 Å². The minimum absolute atomic E-state index is 0.152. The molecule has 0 aromatic heterocycles. The van der Waals surface area contributed by atoms with Gasteiger partial charge in [-0.15, -0.1) is 0 Å². The summed E-state index contributed by atoms with van der Waals surface area (Å²) in [5.74, 6) is 1.61. The summed E-state index contributed by atoms with van der Waals surface area (Å²) in [4.78, 5) is 0. The molecule has 0 saturated heterocycles. The number of nitrogens with one attached hydrogen (secondary N) is 1. The predicted molar refractivity (Wildman–Crippen MR) is 86.2 cm³/mol. The zero-order valence-corrected chi connectivity index (χ0v) is 15.0. The minimum Gasteiger partial charge on any atom is -0.496 e. The molecule has 0 aliphatic heterocycles. The van der Waals surface area contributed by atoms with Gasteiger partial charge in [0.2, 0.25) is 0 Å². The van der Waals surface area contributed by atoms with Crippen LogP contribution >= 0.6 is 31.9 Å². The maximum Gasteiger partial charge on any atom is 0.135 e. The average Bonchev–Trinajstić information content (AvgIpc) is 2.37. The molecule has 0 heterocycles. The minimum atomic E-state index is 0.152. The van der Waals surface area contributed by atoms with Crippen LogP contribution in [0.3, 0.4) is 0 Å². The molecule has 1 rings (SSSR count). The van der Waals surface area contributed by atoms with Crippen molar-refractivity contribution in [2.45, 2.75) is 39.3 Å². The van der Waals surface area contributed by atoms with Gasteiger partial charge in [-0.3, -0.25) is 0 Å². The number of benzene rings is 1. The first-order chi connectivity index (χ1) is 8.97. The number of hydrogen-bond donors (Lipinski definition) is 1. The van der Waals surface area contributed by atoms with Gasteiger partial charge in [-0.25, -0.2) is 0 Å². The summed E-state index contributed by atoms with van der Waals surface area (Å²) >= 11 is 6.99. The summed E-state index contributed by atoms with van der Waals surface area (Å²) in [7, 11) is 1.65. The highest BCUT2D eigenvalue weighted by atomic mass is 79.9. The van der Waals surface area contributed by atoms with Gasteiger partial charge in [0.25, 0.3) is 0 Å². The molecule has 1 atom stereocenters. The lowest BCUT2D eigenvalue weighted by atomic mass is 10.2. The summed E-state index contributed by atoms with van der Waals surface area (Å²) in [5, 5.41) is 3.40. The van der Waals surface area contributed by atoms with E-state index in [1.54, 1.807) is 7.11 Å². The second-order valence-electron chi connectivity index (χ2n) is 4.63. The first-order valence-electron chi connectivity index (χ1n) is 6.41. The molecule has 0 radical (unpaired) electrons. The Morgan fingerprint density at radius 1 is 1.16 bits per heavy atom. The number of rotatable bonds is 7. The van der Waals surface area contributed by atoms with Gasteiger partial charge < -0.3 is 14.8 Å². The van der Waals surface area contributed by atoms with E-state index in [2.05, 4.69) is 57.9 Å². The Balaban J connectivity index is 2.76. The van der Waals surface area contributed by atoms with Crippen LogP contribution in [0.25, 0.3) is 0 Å². The largest absolute Gasteiger partial charge is 0.496 e. The lowest BCUT2D eigenvalue weighted by Gasteiger charge is -2.21. The zero-order valence-electron chi connectivity index (χ0n) is 11.8. The van der Waals surface area contributed by atoms with Crippen molar-refractivity contribution in [2.24, 2.45) is 0 Å². The SMILES string of the molecule is CCC(CNC(C)C)Oc1cc(Br)c(OC)cc1Br. The van der Waals surface area contributed by atoms with Crippen molar-refractivity contribution in [3.05, 3.63) is 21.1 Å². The summed E-state index contributed by atoms with van der Waals surface area (Å²) in [6.45, 7) is 7.22. The van der Waals surface area contributed by atoms with Gasteiger partial charge in [0, 0.05) is 12.6 Å². The maximum atomic E-state index is 6.03. The van der Waals surface area contributed by atoms with Crippen LogP contribution in [0.4, 0.5) is 0 Å². The molecule has 0 saturated carbocycles. The molecule has 1 N–H and O–H groups in total. The van der Waals surface area contributed by atoms with E-state index in [4.69, 9.17) is 9.47 Å². The van der Waals surface area contributed by atoms with Gasteiger partial charge in [-0.2, -0.15) is 0 Å². The lowest BCUT2D eigenvalue weighted by molar-refractivity contribution is 0.188. The van der Waals surface area contributed by atoms with E-state index in [-0.39, 0.29) is 6.10 Å². The van der Waals surface area contributed by atoms with Gasteiger partial charge in [0.05, 0.1) is 16.1 Å². The summed E-state index contributed by atoms with van der Waals surface area (Å²) < 4.78 is 13.1. The third kappa shape index (κ3) is 5.32. The van der Waals surface area contributed by atoms with E-state index in [9.17, 15) is 0 Å². The molecule has 3 nitrogen and oxygen atoms in total. The van der Waals surface area contributed by atoms with Crippen LogP contribution in [0.1, 0.15) is 27.2 Å². The first kappa shape index (κ1) is 16.8. The van der Waals surface area contributed by atoms with Crippen LogP contribution in [-0.2, 0) is 0 Å². The highest BCUT2D eigenvalue weighted by Crippen LogP contribution is 2.36. The van der Waals surface area contributed by atoms with E-state index in [0.717, 1.165) is 33.4 Å². The lowest BCUT2D eigenvalue weighted by Crippen LogP contribution is -2.34. The Hall–Kier alpha value is -0.260. The molecule has 1 unspecified atom stereocenters. The average molecular weight is 395 g/mol. The van der Waals surface area contributed by atoms with Crippen LogP contribution in [0.2, 0.25) is 0 Å². The van der Waals surface area contributed by atoms with Gasteiger partial charge in [-0.1, -0.05) is 20.8 Å². The maximum absolute atomic E-state index is 6.03. The van der Waals surface area contributed by atoms with E-state index < -0.39 is 0 Å². The third-order valence-electron chi connectivity index (χ3n) is 2.71. The van der Waals surface area contributed by atoms with Gasteiger partial charge in [0.1, 0.15) is 17.6 Å². The van der Waals surface area contributed by atoms with Gasteiger partial charge >= 0.3 is 0 Å². The highest BCUT2D eigenvalue weighted by Gasteiger charge is 2.13. The second kappa shape index (κ2) is 8.12. The Morgan fingerprint density at radius 3 is 2.26 bits per heavy atom. The standard InChI is InChI=1S/C14H21Br2NO2/c1-5-10(8-17-9(2)3)19-14-7-11(15)13(18-4)6-12(14)16/h6-7,9-10,17H,5,8H2,1-4H3. The molecule has 0 amide bonds. The molecule has 108 valence electrons. The fourth-order valence-electron chi connectivity index (χ4n) is 1.57. The van der Waals surface area contributed by atoms with Gasteiger partial charge in [-0.05, 0) is 50.4 Å². The molecule has 0 fully saturated rings. The molecule has 0 aliphatic rings. The number of halogens is 2. The second-order valence-corrected chi connectivity index (χ2v) is 6.34. The van der Waals surface area contributed by atoms with Crippen molar-refractivity contribution in [2.75, 3.05) is 13.7 Å². The Morgan fingerprint density at radius 2 is 1.74 bits per heavy atom. The van der Waals surface area contributed by atoms with E-state index in [0.29, 0.717) is 6.04 Å². The Bertz CT molecular complexity index is 411. The topological polar surface area (TPSA) is 30.5 Å². The monoisotopic (exact) mass is 393 g/mol. The molecule has 0 aliphatic carbocycles. The highest BCUT2D eigenvalue weighted by molar-refractivity contribution is 9.11. The van der Waals surface area contributed by atoms with Crippen LogP contribution in [0, 0.1) is 0 Å². The molecular weight excluding hydrogens is 374 g/mol. The normalized spacial score (nSPS) is 12.6. The summed E-state index contributed by atoms with van der Waals surface area (Å²) in [6.07, 6.45) is 1.11. The fraction of sp³-hybridized carbons (Fsp3) is 0.571. The zero-order chi connectivity index (χ0) is 14.4. The molecule has 5 heteroatoms. The molecule has 0 bridgehead atoms. The van der Waals surface area contributed by atoms with Crippen molar-refractivity contribution >= 4 is 31.9 Å². The van der Waals surface area contributed by atoms with Crippen molar-refractivity contribution in [3.63, 3.8) is 0 Å². The molecule has 19 heavy (non-hydrogen) atoms. The van der Waals surface area contributed by atoms with Crippen LogP contribution < -0.4 is 14.8 Å². The smallest absolute Gasteiger partial charge is 0.135 e. The quantitative estimate of drug-likeness (QED) is 0.744. The summed E-state index contributed by atoms with van der Waals surface area (Å²) in [6, 6.07) is 4.30. The van der Waals surface area contributed by atoms with Crippen LogP contribution in [0.5, 0.6) is 11.5 Å². The summed E-state index contributed by atoms with van der Waals surface area (Å²) in [5.41, 5.74) is 0. The molecule has 1 aromatic rings. The van der Waals surface area contributed by atoms with Crippen molar-refractivity contribution < 1.29 is 9.47 Å². The number of ether oxygens (including phenoxy) is 2. The van der Waals surface area contributed by atoms with E-state index in [1.807, 2.05) is 12.1 Å². The fourth-order valence-corrected chi connectivity index (χ4v) is 2.47. The van der Waals surface area contributed by atoms with Crippen molar-refractivity contribution in [1.29, 1.82) is 0 Å².